The van der Waals surface area contributed by atoms with Crippen LogP contribution in [0.1, 0.15) is 69.3 Å². The molecule has 2 saturated heterocycles. The molecule has 0 aromatic heterocycles. The van der Waals surface area contributed by atoms with Crippen molar-refractivity contribution in [2.75, 3.05) is 27.2 Å². The number of rotatable bonds is 3. The average molecular weight is 555 g/mol. The van der Waals surface area contributed by atoms with Crippen LogP contribution in [0.3, 0.4) is 0 Å². The molecule has 1 N–H and O–H groups in total. The van der Waals surface area contributed by atoms with Gasteiger partial charge in [-0.05, 0) is 80.1 Å². The highest BCUT2D eigenvalue weighted by Gasteiger charge is 2.63. The third-order valence-electron chi connectivity index (χ3n) is 11.2. The van der Waals surface area contributed by atoms with Crippen molar-refractivity contribution in [1.82, 2.24) is 9.80 Å². The zero-order chi connectivity index (χ0) is 28.0. The number of carbonyl (C=O) groups is 2. The second-order valence-corrected chi connectivity index (χ2v) is 13.3. The molecule has 1 aromatic carbocycles. The molecule has 1 aromatic rings. The lowest BCUT2D eigenvalue weighted by Crippen LogP contribution is -2.56. The summed E-state index contributed by atoms with van der Waals surface area (Å²) in [5.41, 5.74) is 5.07. The van der Waals surface area contributed by atoms with E-state index in [1.165, 1.54) is 37.7 Å². The predicted octanol–water partition coefficient (Wildman–Crippen LogP) is 3.99. The molecule has 3 aliphatic carbocycles. The maximum Gasteiger partial charge on any atom is 0.524 e. The van der Waals surface area contributed by atoms with Crippen molar-refractivity contribution in [2.24, 2.45) is 5.92 Å². The second-order valence-electron chi connectivity index (χ2n) is 13.3. The van der Waals surface area contributed by atoms with E-state index < -0.39 is 6.09 Å². The molecule has 8 rings (SSSR count). The summed E-state index contributed by atoms with van der Waals surface area (Å²) in [6, 6.07) is 4.55. The number of quaternary nitrogens is 1. The Balaban J connectivity index is 1.31. The molecule has 0 spiro atoms. The number of hydrogen-bond acceptors (Lipinski definition) is 4. The van der Waals surface area contributed by atoms with Crippen LogP contribution < -0.4 is 15.2 Å². The molecule has 4 unspecified atom stereocenters. The number of piperazine rings is 1. The van der Waals surface area contributed by atoms with Gasteiger partial charge in [0.05, 0.1) is 24.7 Å². The van der Waals surface area contributed by atoms with E-state index >= 15 is 0 Å². The van der Waals surface area contributed by atoms with E-state index in [0.29, 0.717) is 18.8 Å². The summed E-state index contributed by atoms with van der Waals surface area (Å²) in [5.74, 6) is 1.11. The average Bonchev–Trinajstić information content (AvgIpc) is 3.59. The van der Waals surface area contributed by atoms with Crippen LogP contribution in [-0.2, 0) is 4.79 Å². The summed E-state index contributed by atoms with van der Waals surface area (Å²) < 4.78 is 5.74. The van der Waals surface area contributed by atoms with Gasteiger partial charge in [0.2, 0.25) is 5.91 Å². The Bertz CT molecular complexity index is 1570. The van der Waals surface area contributed by atoms with Crippen LogP contribution in [0.2, 0.25) is 0 Å². The quantitative estimate of drug-likeness (QED) is 0.573. The van der Waals surface area contributed by atoms with Crippen LogP contribution >= 0.6 is 0 Å². The molecule has 214 valence electrons. The van der Waals surface area contributed by atoms with Gasteiger partial charge in [0.1, 0.15) is 17.1 Å². The maximum absolute atomic E-state index is 14.4. The minimum atomic E-state index is -0.870. The smallest absolute Gasteiger partial charge is 0.496 e. The van der Waals surface area contributed by atoms with Crippen LogP contribution in [0.25, 0.3) is 11.8 Å². The van der Waals surface area contributed by atoms with Gasteiger partial charge in [-0.3, -0.25) is 4.79 Å². The first-order chi connectivity index (χ1) is 19.9. The largest absolute Gasteiger partial charge is 0.524 e. The molecule has 3 fully saturated rings. The van der Waals surface area contributed by atoms with Gasteiger partial charge in [0.15, 0.2) is 6.04 Å². The highest BCUT2D eigenvalue weighted by atomic mass is 16.5. The fourth-order valence-corrected chi connectivity index (χ4v) is 9.35. The molecular formula is C34H40N3O4+. The molecule has 41 heavy (non-hydrogen) atoms. The lowest BCUT2D eigenvalue weighted by atomic mass is 9.82. The van der Waals surface area contributed by atoms with Crippen molar-refractivity contribution in [3.63, 3.8) is 0 Å². The topological polar surface area (TPSA) is 70.1 Å². The molecule has 0 radical (unpaired) electrons. The Morgan fingerprint density at radius 1 is 1.05 bits per heavy atom. The number of benzene rings is 1. The number of hydrogen-bond donors (Lipinski definition) is 1. The van der Waals surface area contributed by atoms with Gasteiger partial charge in [0.25, 0.3) is 0 Å². The second kappa shape index (κ2) is 9.17. The predicted molar refractivity (Wildman–Crippen MR) is 156 cm³/mol. The Labute approximate surface area is 241 Å². The van der Waals surface area contributed by atoms with Crippen molar-refractivity contribution >= 4 is 23.8 Å². The first kappa shape index (κ1) is 25.5. The van der Waals surface area contributed by atoms with Crippen molar-refractivity contribution in [3.05, 3.63) is 63.2 Å². The van der Waals surface area contributed by atoms with Crippen LogP contribution in [0.15, 0.2) is 47.2 Å². The zero-order valence-electron chi connectivity index (χ0n) is 24.1. The van der Waals surface area contributed by atoms with Crippen molar-refractivity contribution in [2.45, 2.75) is 81.8 Å². The van der Waals surface area contributed by atoms with Gasteiger partial charge in [-0.25, -0.2) is 0 Å². The summed E-state index contributed by atoms with van der Waals surface area (Å²) in [5, 5.41) is 13.2. The number of methoxy groups -OCH3 is 1. The molecule has 4 heterocycles. The third kappa shape index (κ3) is 3.51. The van der Waals surface area contributed by atoms with E-state index in [-0.39, 0.29) is 34.4 Å². The van der Waals surface area contributed by atoms with E-state index in [2.05, 4.69) is 47.2 Å². The number of amides is 2. The molecule has 7 heteroatoms. The summed E-state index contributed by atoms with van der Waals surface area (Å²) in [4.78, 5) is 32.5. The Morgan fingerprint density at radius 3 is 2.51 bits per heavy atom. The third-order valence-corrected chi connectivity index (χ3v) is 11.2. The number of nitrogens with zero attached hydrogens (tertiary/aromatic N) is 3. The van der Waals surface area contributed by atoms with E-state index in [9.17, 15) is 14.7 Å². The summed E-state index contributed by atoms with van der Waals surface area (Å²) in [6.07, 6.45) is 16.9. The number of fused-ring (bicyclic) bond motifs is 7. The van der Waals surface area contributed by atoms with Crippen LogP contribution in [0, 0.1) is 5.92 Å². The van der Waals surface area contributed by atoms with Gasteiger partial charge in [0, 0.05) is 36.3 Å². The Morgan fingerprint density at radius 2 is 1.80 bits per heavy atom. The number of carboxylic acid groups (broad SMARTS) is 1. The minimum Gasteiger partial charge on any atom is -0.496 e. The van der Waals surface area contributed by atoms with E-state index in [1.807, 2.05) is 6.08 Å². The van der Waals surface area contributed by atoms with Gasteiger partial charge < -0.3 is 19.6 Å². The molecule has 7 nitrogen and oxygen atoms in total. The lowest BCUT2D eigenvalue weighted by molar-refractivity contribution is -0.748. The fourth-order valence-electron chi connectivity index (χ4n) is 9.35. The van der Waals surface area contributed by atoms with Crippen molar-refractivity contribution < 1.29 is 23.9 Å². The molecule has 2 amide bonds. The highest BCUT2D eigenvalue weighted by molar-refractivity contribution is 5.86. The molecule has 2 bridgehead atoms. The Hall–Kier alpha value is -3.16. The minimum absolute atomic E-state index is 0.197. The Kier molecular flexibility index (Phi) is 5.71. The lowest BCUT2D eigenvalue weighted by Gasteiger charge is -2.41. The van der Waals surface area contributed by atoms with Gasteiger partial charge in [-0.15, -0.1) is 0 Å². The first-order valence-electron chi connectivity index (χ1n) is 15.6. The molecule has 7 aliphatic rings. The number of allylic oxidation sites excluding steroid dienone is 2. The van der Waals surface area contributed by atoms with E-state index in [4.69, 9.17) is 4.74 Å². The van der Waals surface area contributed by atoms with Crippen molar-refractivity contribution in [1.29, 1.82) is 0 Å². The van der Waals surface area contributed by atoms with Gasteiger partial charge in [-0.1, -0.05) is 31.4 Å². The zero-order valence-corrected chi connectivity index (χ0v) is 24.1. The maximum atomic E-state index is 14.4. The SMILES string of the molecule is COc1ccc(C2CCCCC2)c2c1=C1CC3=C(C=CC[C@@H]3C(=O)N3C4CCC3CN(C)C4)[N+]1(C(=O)O)C1C=C1C=2. The summed E-state index contributed by atoms with van der Waals surface area (Å²) in [6.45, 7) is 1.84. The first-order valence-corrected chi connectivity index (χ1v) is 15.6. The van der Waals surface area contributed by atoms with Gasteiger partial charge in [-0.2, -0.15) is 9.28 Å². The van der Waals surface area contributed by atoms with Crippen LogP contribution in [-0.4, -0.2) is 76.8 Å². The molecule has 1 saturated carbocycles. The highest BCUT2D eigenvalue weighted by Crippen LogP contribution is 2.55. The number of likely N-dealkylation sites (N-methyl/N-ethyl adjacent to an activating group) is 1. The standard InChI is InChI=1S/C34H39N3O4/c1-35-18-22-11-12-23(19-35)36(22)33(38)25-9-6-10-28-26(25)17-30-32-27(15-21-16-29(21)37(28,30)34(39)40)24(13-14-31(32)41-2)20-7-4-3-5-8-20/h6,10,13-16,20,22-23,25,29H,3-5,7-9,11-12,17-19H2,1-2H3/p+1/t22?,23?,25-,29?,37?/m0/s1. The number of ether oxygens (including phenoxy) is 1. The molecular weight excluding hydrogens is 514 g/mol. The number of likely N-dealkylation sites (tertiary alicyclic amines) is 1. The monoisotopic (exact) mass is 554 g/mol. The molecule has 5 atom stereocenters. The number of carbonyl (C=O) groups excluding carboxylic acids is 1. The normalized spacial score (nSPS) is 33.8. The van der Waals surface area contributed by atoms with Crippen molar-refractivity contribution in [3.8, 4) is 5.75 Å². The fraction of sp³-hybridized carbons (Fsp3) is 0.529. The van der Waals surface area contributed by atoms with E-state index in [0.717, 1.165) is 64.7 Å². The molecule has 4 aliphatic heterocycles. The van der Waals surface area contributed by atoms with Gasteiger partial charge >= 0.3 is 6.09 Å². The van der Waals surface area contributed by atoms with E-state index in [1.54, 1.807) is 7.11 Å². The van der Waals surface area contributed by atoms with Crippen LogP contribution in [0.4, 0.5) is 4.79 Å². The van der Waals surface area contributed by atoms with Crippen LogP contribution in [0.5, 0.6) is 5.75 Å². The summed E-state index contributed by atoms with van der Waals surface area (Å²) >= 11 is 0. The summed E-state index contributed by atoms with van der Waals surface area (Å²) in [7, 11) is 3.84.